The lowest BCUT2D eigenvalue weighted by Gasteiger charge is -2.16. The van der Waals surface area contributed by atoms with Crippen LogP contribution in [0.4, 0.5) is 0 Å². The van der Waals surface area contributed by atoms with Gasteiger partial charge in [0.15, 0.2) is 0 Å². The summed E-state index contributed by atoms with van der Waals surface area (Å²) in [6.45, 7) is 2.08. The van der Waals surface area contributed by atoms with Crippen LogP contribution in [-0.4, -0.2) is 20.6 Å². The van der Waals surface area contributed by atoms with Crippen LogP contribution < -0.4 is 0 Å². The maximum atomic E-state index is 11.4. The van der Waals surface area contributed by atoms with Gasteiger partial charge < -0.3 is 9.67 Å². The minimum atomic E-state index is -0.868. The molecule has 3 rings (SSSR count). The molecule has 1 aromatic heterocycles. The van der Waals surface area contributed by atoms with Gasteiger partial charge in [0.25, 0.3) is 0 Å². The highest BCUT2D eigenvalue weighted by Crippen LogP contribution is 2.34. The van der Waals surface area contributed by atoms with Crippen LogP contribution in [0.25, 0.3) is 11.0 Å². The Labute approximate surface area is 112 Å². The summed E-state index contributed by atoms with van der Waals surface area (Å²) >= 11 is 0. The first-order chi connectivity index (χ1) is 9.22. The van der Waals surface area contributed by atoms with Gasteiger partial charge >= 0.3 is 5.97 Å². The van der Waals surface area contributed by atoms with Gasteiger partial charge in [-0.15, -0.1) is 0 Å². The third kappa shape index (κ3) is 1.91. The number of benzene rings is 1. The van der Waals surface area contributed by atoms with E-state index in [0.717, 1.165) is 36.1 Å². The number of rotatable bonds is 3. The molecule has 19 heavy (non-hydrogen) atoms. The fraction of sp³-hybridized carbons (Fsp3) is 0.467. The molecule has 0 aliphatic heterocycles. The number of hydrogen-bond acceptors (Lipinski definition) is 2. The summed E-state index contributed by atoms with van der Waals surface area (Å²) in [4.78, 5) is 16.1. The van der Waals surface area contributed by atoms with E-state index in [1.807, 2.05) is 6.07 Å². The third-order valence-electron chi connectivity index (χ3n) is 4.02. The van der Waals surface area contributed by atoms with Crippen molar-refractivity contribution in [1.82, 2.24) is 9.55 Å². The van der Waals surface area contributed by atoms with Crippen LogP contribution in [0.3, 0.4) is 0 Å². The minimum Gasteiger partial charge on any atom is -0.478 e. The van der Waals surface area contributed by atoms with E-state index in [1.165, 1.54) is 12.8 Å². The molecular formula is C15H18N2O2. The number of fused-ring (bicyclic) bond motifs is 1. The average Bonchev–Trinajstić information content (AvgIpc) is 3.03. The van der Waals surface area contributed by atoms with Crippen molar-refractivity contribution in [3.05, 3.63) is 29.6 Å². The highest BCUT2D eigenvalue weighted by Gasteiger charge is 2.24. The molecule has 4 heteroatoms. The van der Waals surface area contributed by atoms with Gasteiger partial charge in [0.2, 0.25) is 0 Å². The first kappa shape index (κ1) is 12.2. The number of carbonyl (C=O) groups is 1. The van der Waals surface area contributed by atoms with Crippen LogP contribution in [0.1, 0.15) is 54.8 Å². The number of aryl methyl sites for hydroxylation is 1. The Morgan fingerprint density at radius 3 is 2.79 bits per heavy atom. The molecule has 1 aromatic carbocycles. The summed E-state index contributed by atoms with van der Waals surface area (Å²) in [6, 6.07) is 5.78. The smallest absolute Gasteiger partial charge is 0.337 e. The van der Waals surface area contributed by atoms with Gasteiger partial charge in [-0.05, 0) is 25.0 Å². The molecule has 100 valence electrons. The number of aromatic nitrogens is 2. The average molecular weight is 258 g/mol. The Hall–Kier alpha value is -1.84. The van der Waals surface area contributed by atoms with E-state index in [-0.39, 0.29) is 0 Å². The quantitative estimate of drug-likeness (QED) is 0.917. The van der Waals surface area contributed by atoms with Crippen molar-refractivity contribution >= 4 is 17.0 Å². The fourth-order valence-electron chi connectivity index (χ4n) is 3.17. The van der Waals surface area contributed by atoms with Crippen LogP contribution in [0, 0.1) is 0 Å². The zero-order valence-corrected chi connectivity index (χ0v) is 11.1. The van der Waals surface area contributed by atoms with Crippen molar-refractivity contribution in [2.24, 2.45) is 0 Å². The number of carboxylic acid groups (broad SMARTS) is 1. The Kier molecular flexibility index (Phi) is 3.01. The largest absolute Gasteiger partial charge is 0.478 e. The summed E-state index contributed by atoms with van der Waals surface area (Å²) in [5, 5.41) is 9.39. The molecule has 0 radical (unpaired) electrons. The van der Waals surface area contributed by atoms with E-state index in [2.05, 4.69) is 16.5 Å². The molecule has 1 N–H and O–H groups in total. The van der Waals surface area contributed by atoms with Gasteiger partial charge in [-0.1, -0.05) is 25.8 Å². The number of para-hydroxylation sites is 1. The lowest BCUT2D eigenvalue weighted by Crippen LogP contribution is -2.11. The Morgan fingerprint density at radius 1 is 1.42 bits per heavy atom. The van der Waals surface area contributed by atoms with Crippen molar-refractivity contribution in [1.29, 1.82) is 0 Å². The SMILES string of the molecule is CCc1nc2cccc(C(=O)O)c2n1C1CCCC1. The summed E-state index contributed by atoms with van der Waals surface area (Å²) in [5.74, 6) is 0.142. The molecule has 1 aliphatic rings. The Balaban J connectivity index is 2.29. The molecular weight excluding hydrogens is 240 g/mol. The monoisotopic (exact) mass is 258 g/mol. The second-order valence-electron chi connectivity index (χ2n) is 5.17. The van der Waals surface area contributed by atoms with Gasteiger partial charge in [-0.3, -0.25) is 0 Å². The normalized spacial score (nSPS) is 16.3. The Morgan fingerprint density at radius 2 is 2.16 bits per heavy atom. The lowest BCUT2D eigenvalue weighted by molar-refractivity contribution is 0.0698. The number of carboxylic acids is 1. The lowest BCUT2D eigenvalue weighted by atomic mass is 10.1. The van der Waals surface area contributed by atoms with Crippen LogP contribution in [-0.2, 0) is 6.42 Å². The molecule has 0 spiro atoms. The van der Waals surface area contributed by atoms with Crippen molar-refractivity contribution in [2.45, 2.75) is 45.1 Å². The molecule has 0 atom stereocenters. The van der Waals surface area contributed by atoms with Crippen molar-refractivity contribution in [2.75, 3.05) is 0 Å². The number of aromatic carboxylic acids is 1. The second-order valence-corrected chi connectivity index (χ2v) is 5.17. The second kappa shape index (κ2) is 4.68. The highest BCUT2D eigenvalue weighted by atomic mass is 16.4. The Bertz CT molecular complexity index is 624. The molecule has 0 bridgehead atoms. The van der Waals surface area contributed by atoms with Gasteiger partial charge in [0, 0.05) is 12.5 Å². The van der Waals surface area contributed by atoms with Gasteiger partial charge in [0.1, 0.15) is 5.82 Å². The summed E-state index contributed by atoms with van der Waals surface area (Å²) in [7, 11) is 0. The van der Waals surface area contributed by atoms with Crippen LogP contribution in [0.2, 0.25) is 0 Å². The van der Waals surface area contributed by atoms with E-state index >= 15 is 0 Å². The van der Waals surface area contributed by atoms with Crippen molar-refractivity contribution < 1.29 is 9.90 Å². The molecule has 4 nitrogen and oxygen atoms in total. The van der Waals surface area contributed by atoms with E-state index < -0.39 is 5.97 Å². The van der Waals surface area contributed by atoms with E-state index in [4.69, 9.17) is 0 Å². The number of hydrogen-bond donors (Lipinski definition) is 1. The molecule has 1 saturated carbocycles. The zero-order chi connectivity index (χ0) is 13.4. The van der Waals surface area contributed by atoms with E-state index in [1.54, 1.807) is 12.1 Å². The first-order valence-electron chi connectivity index (χ1n) is 6.95. The molecule has 1 heterocycles. The summed E-state index contributed by atoms with van der Waals surface area (Å²) < 4.78 is 2.19. The standard InChI is InChI=1S/C15H18N2O2/c1-2-13-16-12-9-5-8-11(15(18)19)14(12)17(13)10-6-3-4-7-10/h5,8-10H,2-4,6-7H2,1H3,(H,18,19). The van der Waals surface area contributed by atoms with Crippen LogP contribution in [0.5, 0.6) is 0 Å². The van der Waals surface area contributed by atoms with Crippen LogP contribution in [0.15, 0.2) is 18.2 Å². The molecule has 1 fully saturated rings. The van der Waals surface area contributed by atoms with Crippen molar-refractivity contribution in [3.63, 3.8) is 0 Å². The van der Waals surface area contributed by atoms with Crippen molar-refractivity contribution in [3.8, 4) is 0 Å². The summed E-state index contributed by atoms with van der Waals surface area (Å²) in [6.07, 6.45) is 5.55. The topological polar surface area (TPSA) is 55.1 Å². The molecule has 1 aliphatic carbocycles. The molecule has 2 aromatic rings. The van der Waals surface area contributed by atoms with Crippen LogP contribution >= 0.6 is 0 Å². The summed E-state index contributed by atoms with van der Waals surface area (Å²) in [5.41, 5.74) is 1.99. The van der Waals surface area contributed by atoms with Gasteiger partial charge in [-0.25, -0.2) is 9.78 Å². The molecule has 0 saturated heterocycles. The minimum absolute atomic E-state index is 0.372. The fourth-order valence-corrected chi connectivity index (χ4v) is 3.17. The predicted octanol–water partition coefficient (Wildman–Crippen LogP) is 3.41. The van der Waals surface area contributed by atoms with E-state index in [0.29, 0.717) is 11.6 Å². The first-order valence-corrected chi connectivity index (χ1v) is 6.95. The van der Waals surface area contributed by atoms with Gasteiger partial charge in [0.05, 0.1) is 16.6 Å². The van der Waals surface area contributed by atoms with E-state index in [9.17, 15) is 9.90 Å². The number of nitrogens with zero attached hydrogens (tertiary/aromatic N) is 2. The van der Waals surface area contributed by atoms with Gasteiger partial charge in [-0.2, -0.15) is 0 Å². The molecule has 0 amide bonds. The molecule has 0 unspecified atom stereocenters. The third-order valence-corrected chi connectivity index (χ3v) is 4.02. The highest BCUT2D eigenvalue weighted by molar-refractivity contribution is 6.01. The maximum Gasteiger partial charge on any atom is 0.337 e. The maximum absolute atomic E-state index is 11.4. The zero-order valence-electron chi connectivity index (χ0n) is 11.1. The number of imidazole rings is 1. The predicted molar refractivity (Wildman–Crippen MR) is 73.6 cm³/mol.